The maximum atomic E-state index is 12.4. The summed E-state index contributed by atoms with van der Waals surface area (Å²) in [5.74, 6) is 7.17. The summed E-state index contributed by atoms with van der Waals surface area (Å²) in [6, 6.07) is 1.30. The standard InChI is InChI=1S/C25H37N7O3S/c1-8-13-26-21-19(16-28-23(30-21)29-20-15-17(2)31-36-20)12-10-9-11-14-27-22(33)18(3)32(7)24(34)35-25(4,5)6/h15-16,18H,8-9,11,13-14H2,1-7H3,(H,27,33)(H2,26,28,29,30)/t18-/m0/s1. The highest BCUT2D eigenvalue weighted by Crippen LogP contribution is 2.21. The minimum absolute atomic E-state index is 0.241. The lowest BCUT2D eigenvalue weighted by Gasteiger charge is -2.28. The molecule has 0 aromatic carbocycles. The smallest absolute Gasteiger partial charge is 0.410 e. The summed E-state index contributed by atoms with van der Waals surface area (Å²) in [6.45, 7) is 12.3. The molecule has 2 amide bonds. The third-order valence-electron chi connectivity index (χ3n) is 4.84. The third kappa shape index (κ3) is 9.70. The number of carbonyl (C=O) groups is 2. The number of hydrogen-bond acceptors (Lipinski definition) is 9. The topological polar surface area (TPSA) is 121 Å². The third-order valence-corrected chi connectivity index (χ3v) is 5.63. The van der Waals surface area contributed by atoms with Crippen molar-refractivity contribution in [3.05, 3.63) is 23.5 Å². The maximum absolute atomic E-state index is 12.4. The lowest BCUT2D eigenvalue weighted by atomic mass is 10.2. The van der Waals surface area contributed by atoms with Crippen molar-refractivity contribution in [1.29, 1.82) is 0 Å². The van der Waals surface area contributed by atoms with Crippen LogP contribution in [0.5, 0.6) is 0 Å². The number of aromatic nitrogens is 3. The molecule has 0 aliphatic carbocycles. The van der Waals surface area contributed by atoms with Gasteiger partial charge in [0.15, 0.2) is 0 Å². The molecule has 0 fully saturated rings. The second-order valence-corrected chi connectivity index (χ2v) is 10.1. The van der Waals surface area contributed by atoms with Crippen LogP contribution < -0.4 is 16.0 Å². The van der Waals surface area contributed by atoms with Gasteiger partial charge in [-0.3, -0.25) is 9.69 Å². The van der Waals surface area contributed by atoms with Crippen molar-refractivity contribution < 1.29 is 14.3 Å². The normalized spacial score (nSPS) is 11.6. The van der Waals surface area contributed by atoms with E-state index >= 15 is 0 Å². The number of amides is 2. The minimum Gasteiger partial charge on any atom is -0.444 e. The van der Waals surface area contributed by atoms with Crippen LogP contribution in [0.2, 0.25) is 0 Å². The van der Waals surface area contributed by atoms with Crippen LogP contribution in [0.3, 0.4) is 0 Å². The maximum Gasteiger partial charge on any atom is 0.410 e. The molecule has 2 aromatic heterocycles. The molecule has 0 radical (unpaired) electrons. The number of hydrogen-bond donors (Lipinski definition) is 3. The molecule has 36 heavy (non-hydrogen) atoms. The molecule has 10 nitrogen and oxygen atoms in total. The van der Waals surface area contributed by atoms with Crippen molar-refractivity contribution >= 4 is 40.3 Å². The van der Waals surface area contributed by atoms with Gasteiger partial charge in [-0.25, -0.2) is 9.78 Å². The van der Waals surface area contributed by atoms with Crippen molar-refractivity contribution in [2.75, 3.05) is 30.8 Å². The molecule has 3 N–H and O–H groups in total. The molecule has 1 atom stereocenters. The van der Waals surface area contributed by atoms with Gasteiger partial charge in [0.25, 0.3) is 0 Å². The summed E-state index contributed by atoms with van der Waals surface area (Å²) in [7, 11) is 1.55. The second kappa shape index (κ2) is 13.6. The molecule has 11 heteroatoms. The first-order valence-electron chi connectivity index (χ1n) is 12.0. The molecule has 2 heterocycles. The molecule has 0 saturated heterocycles. The Morgan fingerprint density at radius 1 is 1.28 bits per heavy atom. The Morgan fingerprint density at radius 2 is 2.03 bits per heavy atom. The van der Waals surface area contributed by atoms with Gasteiger partial charge in [0.1, 0.15) is 22.5 Å². The zero-order chi connectivity index (χ0) is 26.7. The van der Waals surface area contributed by atoms with Crippen LogP contribution in [0.15, 0.2) is 12.3 Å². The molecule has 196 valence electrons. The average molecular weight is 516 g/mol. The lowest BCUT2D eigenvalue weighted by Crippen LogP contribution is -2.47. The summed E-state index contributed by atoms with van der Waals surface area (Å²) >= 11 is 1.36. The van der Waals surface area contributed by atoms with Gasteiger partial charge in [-0.1, -0.05) is 18.8 Å². The molecular weight excluding hydrogens is 478 g/mol. The minimum atomic E-state index is -0.642. The Hall–Kier alpha value is -3.39. The van der Waals surface area contributed by atoms with Gasteiger partial charge in [0.2, 0.25) is 11.9 Å². The number of aryl methyl sites for hydroxylation is 1. The second-order valence-electron chi connectivity index (χ2n) is 9.30. The first-order chi connectivity index (χ1) is 17.0. The summed E-state index contributed by atoms with van der Waals surface area (Å²) < 4.78 is 9.56. The molecular formula is C25H37N7O3S. The van der Waals surface area contributed by atoms with Gasteiger partial charge in [0.05, 0.1) is 17.5 Å². The van der Waals surface area contributed by atoms with Crippen molar-refractivity contribution in [1.82, 2.24) is 24.6 Å². The highest BCUT2D eigenvalue weighted by atomic mass is 32.1. The van der Waals surface area contributed by atoms with E-state index in [1.807, 2.05) is 13.0 Å². The number of anilines is 3. The number of unbranched alkanes of at least 4 members (excludes halogenated alkanes) is 1. The SMILES string of the molecule is CCCNc1nc(Nc2cc(C)ns2)ncc1C#CCCCNC(=O)[C@H](C)N(C)C(=O)OC(C)(C)C. The van der Waals surface area contributed by atoms with Crippen LogP contribution in [-0.2, 0) is 9.53 Å². The quantitative estimate of drug-likeness (QED) is 0.316. The van der Waals surface area contributed by atoms with Crippen molar-refractivity contribution in [3.8, 4) is 11.8 Å². The first kappa shape index (κ1) is 28.8. The van der Waals surface area contributed by atoms with E-state index in [2.05, 4.69) is 49.1 Å². The predicted molar refractivity (Wildman–Crippen MR) is 144 cm³/mol. The van der Waals surface area contributed by atoms with E-state index < -0.39 is 17.7 Å². The van der Waals surface area contributed by atoms with Crippen LogP contribution >= 0.6 is 11.5 Å². The van der Waals surface area contributed by atoms with Crippen LogP contribution in [0, 0.1) is 18.8 Å². The molecule has 2 rings (SSSR count). The van der Waals surface area contributed by atoms with Crippen LogP contribution in [0.1, 0.15) is 65.1 Å². The Labute approximate surface area is 217 Å². The lowest BCUT2D eigenvalue weighted by molar-refractivity contribution is -0.125. The van der Waals surface area contributed by atoms with Gasteiger partial charge >= 0.3 is 6.09 Å². The van der Waals surface area contributed by atoms with E-state index in [1.165, 1.54) is 16.4 Å². The Morgan fingerprint density at radius 3 is 2.67 bits per heavy atom. The summed E-state index contributed by atoms with van der Waals surface area (Å²) in [6.07, 6.45) is 3.38. The largest absolute Gasteiger partial charge is 0.444 e. The zero-order valence-corrected chi connectivity index (χ0v) is 23.0. The summed E-state index contributed by atoms with van der Waals surface area (Å²) in [4.78, 5) is 34.8. The van der Waals surface area contributed by atoms with Crippen molar-refractivity contribution in [3.63, 3.8) is 0 Å². The van der Waals surface area contributed by atoms with Gasteiger partial charge in [-0.2, -0.15) is 9.36 Å². The van der Waals surface area contributed by atoms with Crippen molar-refractivity contribution in [2.45, 2.75) is 72.4 Å². The van der Waals surface area contributed by atoms with Crippen LogP contribution in [-0.4, -0.2) is 63.0 Å². The highest BCUT2D eigenvalue weighted by Gasteiger charge is 2.26. The van der Waals surface area contributed by atoms with Gasteiger partial charge in [-0.05, 0) is 65.1 Å². The van der Waals surface area contributed by atoms with Crippen LogP contribution in [0.4, 0.5) is 21.6 Å². The summed E-state index contributed by atoms with van der Waals surface area (Å²) in [5, 5.41) is 10.2. The molecule has 0 aliphatic heterocycles. The Balaban J connectivity index is 1.87. The van der Waals surface area contributed by atoms with E-state index in [1.54, 1.807) is 40.9 Å². The van der Waals surface area contributed by atoms with E-state index in [4.69, 9.17) is 4.74 Å². The number of ether oxygens (including phenoxy) is 1. The molecule has 2 aromatic rings. The fourth-order valence-corrected chi connectivity index (χ4v) is 3.46. The molecule has 0 aliphatic rings. The Bertz CT molecular complexity index is 1090. The first-order valence-corrected chi connectivity index (χ1v) is 12.8. The average Bonchev–Trinajstić information content (AvgIpc) is 3.22. The number of nitrogens with one attached hydrogen (secondary N) is 3. The fraction of sp³-hybridized carbons (Fsp3) is 0.560. The van der Waals surface area contributed by atoms with E-state index in [9.17, 15) is 9.59 Å². The van der Waals surface area contributed by atoms with Gasteiger partial charge in [-0.15, -0.1) is 0 Å². The van der Waals surface area contributed by atoms with Crippen LogP contribution in [0.25, 0.3) is 0 Å². The zero-order valence-electron chi connectivity index (χ0n) is 22.2. The molecule has 0 saturated carbocycles. The van der Waals surface area contributed by atoms with Gasteiger partial charge < -0.3 is 20.7 Å². The molecule has 0 bridgehead atoms. The number of likely N-dealkylation sites (N-methyl/N-ethyl adjacent to an activating group) is 1. The molecule has 0 unspecified atom stereocenters. The van der Waals surface area contributed by atoms with E-state index in [0.29, 0.717) is 36.7 Å². The highest BCUT2D eigenvalue weighted by molar-refractivity contribution is 7.10. The Kier molecular flexibility index (Phi) is 10.9. The number of carbonyl (C=O) groups excluding carboxylic acids is 2. The van der Waals surface area contributed by atoms with Gasteiger partial charge in [0, 0.05) is 26.6 Å². The van der Waals surface area contributed by atoms with E-state index in [-0.39, 0.29) is 5.91 Å². The van der Waals surface area contributed by atoms with E-state index in [0.717, 1.165) is 23.7 Å². The monoisotopic (exact) mass is 515 g/mol. The number of rotatable bonds is 10. The number of nitrogens with zero attached hydrogens (tertiary/aromatic N) is 4. The van der Waals surface area contributed by atoms with Crippen molar-refractivity contribution in [2.24, 2.45) is 0 Å². The summed E-state index contributed by atoms with van der Waals surface area (Å²) in [5.41, 5.74) is 1.04. The fourth-order valence-electron chi connectivity index (χ4n) is 2.81. The predicted octanol–water partition coefficient (Wildman–Crippen LogP) is 4.31. The molecule has 0 spiro atoms.